The summed E-state index contributed by atoms with van der Waals surface area (Å²) in [6.07, 6.45) is -3.05. The molecule has 0 aromatic carbocycles. The number of hydrogen-bond donors (Lipinski definition) is 0. The quantitative estimate of drug-likeness (QED) is 0.619. The van der Waals surface area contributed by atoms with E-state index in [0.717, 1.165) is 0 Å². The largest absolute Gasteiger partial charge is 0.483 e. The van der Waals surface area contributed by atoms with Crippen LogP contribution in [0.2, 0.25) is 0 Å². The third-order valence-electron chi connectivity index (χ3n) is 1.10. The molecule has 0 bridgehead atoms. The lowest BCUT2D eigenvalue weighted by atomic mass is 10.5. The first-order valence-corrected chi connectivity index (χ1v) is 4.36. The molecule has 6 heteroatoms. The average molecular weight is 303 g/mol. The van der Waals surface area contributed by atoms with E-state index >= 15 is 0 Å². The molecular weight excluding hydrogens is 298 g/mol. The van der Waals surface area contributed by atoms with Crippen molar-refractivity contribution in [3.05, 3.63) is 22.0 Å². The highest BCUT2D eigenvalue weighted by Gasteiger charge is 2.28. The molecule has 0 saturated heterocycles. The Bertz CT molecular complexity index is 272. The molecule has 0 saturated carbocycles. The molecule has 2 nitrogen and oxygen atoms in total. The fourth-order valence-corrected chi connectivity index (χ4v) is 0.932. The summed E-state index contributed by atoms with van der Waals surface area (Å²) in [5.41, 5.74) is 0. The fourth-order valence-electron chi connectivity index (χ4n) is 0.613. The van der Waals surface area contributed by atoms with Gasteiger partial charge in [0.2, 0.25) is 0 Å². The summed E-state index contributed by atoms with van der Waals surface area (Å²) in [5, 5.41) is 0. The Morgan fingerprint density at radius 1 is 1.38 bits per heavy atom. The van der Waals surface area contributed by atoms with Crippen LogP contribution in [0.1, 0.15) is 0 Å². The van der Waals surface area contributed by atoms with Crippen molar-refractivity contribution >= 4 is 22.6 Å². The number of aromatic nitrogens is 1. The number of alkyl halides is 3. The van der Waals surface area contributed by atoms with Gasteiger partial charge in [-0.15, -0.1) is 0 Å². The van der Waals surface area contributed by atoms with Crippen LogP contribution in [-0.4, -0.2) is 17.8 Å². The van der Waals surface area contributed by atoms with Gasteiger partial charge in [0.15, 0.2) is 6.61 Å². The average Bonchev–Trinajstić information content (AvgIpc) is 2.02. The Morgan fingerprint density at radius 3 is 2.54 bits per heavy atom. The molecule has 0 radical (unpaired) electrons. The molecular formula is C7H5F3INO. The monoisotopic (exact) mass is 303 g/mol. The Kier molecular flexibility index (Phi) is 3.34. The van der Waals surface area contributed by atoms with Crippen molar-refractivity contribution in [2.24, 2.45) is 0 Å². The van der Waals surface area contributed by atoms with Gasteiger partial charge in [0.1, 0.15) is 9.45 Å². The minimum atomic E-state index is -4.30. The van der Waals surface area contributed by atoms with Crippen molar-refractivity contribution in [2.75, 3.05) is 6.61 Å². The first kappa shape index (κ1) is 10.6. The SMILES string of the molecule is FC(F)(F)COc1ccc(I)nc1. The molecule has 0 fully saturated rings. The molecule has 0 aliphatic heterocycles. The van der Waals surface area contributed by atoms with Crippen molar-refractivity contribution in [2.45, 2.75) is 6.18 Å². The highest BCUT2D eigenvalue weighted by Crippen LogP contribution is 2.17. The maximum atomic E-state index is 11.7. The van der Waals surface area contributed by atoms with E-state index in [9.17, 15) is 13.2 Å². The summed E-state index contributed by atoms with van der Waals surface area (Å²) in [7, 11) is 0. The van der Waals surface area contributed by atoms with Crippen molar-refractivity contribution < 1.29 is 17.9 Å². The molecule has 0 amide bonds. The summed E-state index contributed by atoms with van der Waals surface area (Å²) < 4.78 is 40.2. The van der Waals surface area contributed by atoms with Crippen molar-refractivity contribution in [3.63, 3.8) is 0 Å². The van der Waals surface area contributed by atoms with Gasteiger partial charge in [0.05, 0.1) is 6.20 Å². The molecule has 0 atom stereocenters. The Morgan fingerprint density at radius 2 is 2.08 bits per heavy atom. The molecule has 1 aromatic rings. The standard InChI is InChI=1S/C7H5F3INO/c8-7(9,10)4-13-5-1-2-6(11)12-3-5/h1-3H,4H2. The smallest absolute Gasteiger partial charge is 0.422 e. The molecule has 0 aliphatic carbocycles. The predicted molar refractivity (Wildman–Crippen MR) is 48.5 cm³/mol. The van der Waals surface area contributed by atoms with Gasteiger partial charge in [-0.25, -0.2) is 4.98 Å². The van der Waals surface area contributed by atoms with Crippen LogP contribution in [0.15, 0.2) is 18.3 Å². The van der Waals surface area contributed by atoms with Gasteiger partial charge < -0.3 is 4.74 Å². The number of nitrogens with zero attached hydrogens (tertiary/aromatic N) is 1. The van der Waals surface area contributed by atoms with Crippen LogP contribution in [0, 0.1) is 3.70 Å². The molecule has 1 heterocycles. The lowest BCUT2D eigenvalue weighted by Gasteiger charge is -2.08. The Hall–Kier alpha value is -0.530. The summed E-state index contributed by atoms with van der Waals surface area (Å²) >= 11 is 1.95. The highest BCUT2D eigenvalue weighted by molar-refractivity contribution is 14.1. The third kappa shape index (κ3) is 4.30. The predicted octanol–water partition coefficient (Wildman–Crippen LogP) is 2.63. The topological polar surface area (TPSA) is 22.1 Å². The van der Waals surface area contributed by atoms with Gasteiger partial charge in [-0.05, 0) is 34.7 Å². The normalized spacial score (nSPS) is 11.4. The number of rotatable bonds is 2. The molecule has 13 heavy (non-hydrogen) atoms. The number of hydrogen-bond acceptors (Lipinski definition) is 2. The van der Waals surface area contributed by atoms with Gasteiger partial charge in [0, 0.05) is 0 Å². The number of pyridine rings is 1. The number of ether oxygens (including phenoxy) is 1. The molecule has 0 aliphatic rings. The minimum Gasteiger partial charge on any atom is -0.483 e. The van der Waals surface area contributed by atoms with E-state index in [1.807, 2.05) is 22.6 Å². The van der Waals surface area contributed by atoms with E-state index in [-0.39, 0.29) is 5.75 Å². The Labute approximate surface area is 86.3 Å². The molecule has 0 N–H and O–H groups in total. The maximum Gasteiger partial charge on any atom is 0.422 e. The molecule has 0 spiro atoms. The first-order valence-electron chi connectivity index (χ1n) is 3.28. The van der Waals surface area contributed by atoms with Gasteiger partial charge in [-0.2, -0.15) is 13.2 Å². The van der Waals surface area contributed by atoms with Crippen molar-refractivity contribution in [1.29, 1.82) is 0 Å². The van der Waals surface area contributed by atoms with Crippen LogP contribution in [0.25, 0.3) is 0 Å². The van der Waals surface area contributed by atoms with E-state index in [0.29, 0.717) is 3.70 Å². The van der Waals surface area contributed by atoms with Crippen LogP contribution in [0.3, 0.4) is 0 Å². The van der Waals surface area contributed by atoms with E-state index in [4.69, 9.17) is 0 Å². The highest BCUT2D eigenvalue weighted by atomic mass is 127. The third-order valence-corrected chi connectivity index (χ3v) is 1.74. The maximum absolute atomic E-state index is 11.7. The molecule has 0 unspecified atom stereocenters. The van der Waals surface area contributed by atoms with Crippen LogP contribution in [0.5, 0.6) is 5.75 Å². The summed E-state index contributed by atoms with van der Waals surface area (Å²) in [5.74, 6) is 0.123. The molecule has 72 valence electrons. The van der Waals surface area contributed by atoms with Gasteiger partial charge >= 0.3 is 6.18 Å². The van der Waals surface area contributed by atoms with E-state index < -0.39 is 12.8 Å². The zero-order valence-corrected chi connectivity index (χ0v) is 8.46. The number of halogens is 4. The lowest BCUT2D eigenvalue weighted by molar-refractivity contribution is -0.153. The zero-order chi connectivity index (χ0) is 9.90. The van der Waals surface area contributed by atoms with Gasteiger partial charge in [0.25, 0.3) is 0 Å². The van der Waals surface area contributed by atoms with Crippen LogP contribution in [0.4, 0.5) is 13.2 Å². The van der Waals surface area contributed by atoms with Crippen LogP contribution in [-0.2, 0) is 0 Å². The van der Waals surface area contributed by atoms with Gasteiger partial charge in [-0.3, -0.25) is 0 Å². The second-order valence-electron chi connectivity index (χ2n) is 2.22. The summed E-state index contributed by atoms with van der Waals surface area (Å²) in [4.78, 5) is 3.77. The molecule has 1 aromatic heterocycles. The minimum absolute atomic E-state index is 0.123. The second kappa shape index (κ2) is 4.12. The van der Waals surface area contributed by atoms with E-state index in [2.05, 4.69) is 9.72 Å². The van der Waals surface area contributed by atoms with Crippen molar-refractivity contribution in [3.8, 4) is 5.75 Å². The van der Waals surface area contributed by atoms with Gasteiger partial charge in [-0.1, -0.05) is 0 Å². The summed E-state index contributed by atoms with van der Waals surface area (Å²) in [6.45, 7) is -1.28. The summed E-state index contributed by atoms with van der Waals surface area (Å²) in [6, 6.07) is 3.02. The second-order valence-corrected chi connectivity index (χ2v) is 3.33. The molecule has 1 rings (SSSR count). The van der Waals surface area contributed by atoms with Crippen LogP contribution < -0.4 is 4.74 Å². The van der Waals surface area contributed by atoms with E-state index in [1.54, 1.807) is 6.07 Å². The van der Waals surface area contributed by atoms with Crippen molar-refractivity contribution in [1.82, 2.24) is 4.98 Å². The lowest BCUT2D eigenvalue weighted by Crippen LogP contribution is -2.19. The van der Waals surface area contributed by atoms with Crippen LogP contribution >= 0.6 is 22.6 Å². The van der Waals surface area contributed by atoms with E-state index in [1.165, 1.54) is 12.3 Å². The Balaban J connectivity index is 2.51. The zero-order valence-electron chi connectivity index (χ0n) is 6.31. The first-order chi connectivity index (χ1) is 5.97. The fraction of sp³-hybridized carbons (Fsp3) is 0.286.